The molecule has 0 radical (unpaired) electrons. The molecular formula is C13H14N4S. The molecule has 18 heavy (non-hydrogen) atoms. The molecule has 0 amide bonds. The molecule has 0 unspecified atom stereocenters. The average molecular weight is 258 g/mol. The SMILES string of the molecule is Cc1c(C)n(Cc2ccsc2)c2ncnc(N)c12. The Balaban J connectivity index is 2.23. The quantitative estimate of drug-likeness (QED) is 0.769. The number of anilines is 1. The van der Waals surface area contributed by atoms with Crippen LogP contribution in [0.2, 0.25) is 0 Å². The third-order valence-corrected chi connectivity index (χ3v) is 4.09. The summed E-state index contributed by atoms with van der Waals surface area (Å²) in [6.07, 6.45) is 1.53. The fourth-order valence-electron chi connectivity index (χ4n) is 2.25. The van der Waals surface area contributed by atoms with Crippen molar-refractivity contribution in [2.75, 3.05) is 5.73 Å². The van der Waals surface area contributed by atoms with E-state index in [0.29, 0.717) is 5.82 Å². The van der Waals surface area contributed by atoms with Crippen molar-refractivity contribution in [3.05, 3.63) is 40.0 Å². The van der Waals surface area contributed by atoms with Crippen molar-refractivity contribution in [3.63, 3.8) is 0 Å². The molecule has 3 rings (SSSR count). The predicted molar refractivity (Wildman–Crippen MR) is 74.8 cm³/mol. The maximum absolute atomic E-state index is 5.95. The highest BCUT2D eigenvalue weighted by atomic mass is 32.1. The average Bonchev–Trinajstić information content (AvgIpc) is 2.94. The lowest BCUT2D eigenvalue weighted by molar-refractivity contribution is 0.792. The first-order valence-corrected chi connectivity index (χ1v) is 6.69. The van der Waals surface area contributed by atoms with Gasteiger partial charge in [-0.25, -0.2) is 9.97 Å². The van der Waals surface area contributed by atoms with Gasteiger partial charge < -0.3 is 10.3 Å². The van der Waals surface area contributed by atoms with Crippen LogP contribution >= 0.6 is 11.3 Å². The molecule has 5 heteroatoms. The van der Waals surface area contributed by atoms with Crippen LogP contribution in [0.15, 0.2) is 23.2 Å². The van der Waals surface area contributed by atoms with Gasteiger partial charge in [0.1, 0.15) is 17.8 Å². The lowest BCUT2D eigenvalue weighted by atomic mass is 10.2. The molecule has 92 valence electrons. The first kappa shape index (κ1) is 11.2. The molecule has 0 aromatic carbocycles. The topological polar surface area (TPSA) is 56.7 Å². The summed E-state index contributed by atoms with van der Waals surface area (Å²) in [4.78, 5) is 8.45. The van der Waals surface area contributed by atoms with Gasteiger partial charge in [0, 0.05) is 5.69 Å². The second-order valence-corrected chi connectivity index (χ2v) is 5.17. The summed E-state index contributed by atoms with van der Waals surface area (Å²) in [5.41, 5.74) is 10.5. The van der Waals surface area contributed by atoms with E-state index in [1.807, 2.05) is 0 Å². The Kier molecular flexibility index (Phi) is 2.56. The van der Waals surface area contributed by atoms with Crippen LogP contribution in [-0.2, 0) is 6.54 Å². The second kappa shape index (κ2) is 4.10. The van der Waals surface area contributed by atoms with Gasteiger partial charge >= 0.3 is 0 Å². The Hall–Kier alpha value is -1.88. The Morgan fingerprint density at radius 2 is 2.17 bits per heavy atom. The minimum atomic E-state index is 0.560. The number of rotatable bonds is 2. The predicted octanol–water partition coefficient (Wildman–Crippen LogP) is 2.74. The number of nitrogens with two attached hydrogens (primary N) is 1. The first-order valence-electron chi connectivity index (χ1n) is 5.75. The van der Waals surface area contributed by atoms with Crippen molar-refractivity contribution in [1.29, 1.82) is 0 Å². The second-order valence-electron chi connectivity index (χ2n) is 4.39. The molecule has 0 saturated heterocycles. The Morgan fingerprint density at radius 1 is 1.33 bits per heavy atom. The Morgan fingerprint density at radius 3 is 2.89 bits per heavy atom. The van der Waals surface area contributed by atoms with Crippen molar-refractivity contribution in [2.45, 2.75) is 20.4 Å². The Labute approximate surface area is 109 Å². The van der Waals surface area contributed by atoms with Crippen LogP contribution < -0.4 is 5.73 Å². The zero-order chi connectivity index (χ0) is 12.7. The summed E-state index contributed by atoms with van der Waals surface area (Å²) < 4.78 is 2.20. The minimum Gasteiger partial charge on any atom is -0.383 e. The van der Waals surface area contributed by atoms with Gasteiger partial charge in [0.25, 0.3) is 0 Å². The van der Waals surface area contributed by atoms with Gasteiger partial charge in [-0.1, -0.05) is 0 Å². The summed E-state index contributed by atoms with van der Waals surface area (Å²) >= 11 is 1.71. The standard InChI is InChI=1S/C13H14N4S/c1-8-9(2)17(5-10-3-4-18-6-10)13-11(8)12(14)15-7-16-13/h3-4,6-7H,5H2,1-2H3,(H2,14,15,16). The van der Waals surface area contributed by atoms with Gasteiger partial charge in [0.2, 0.25) is 0 Å². The normalized spacial score (nSPS) is 11.2. The molecule has 3 heterocycles. The van der Waals surface area contributed by atoms with Crippen LogP contribution in [0.5, 0.6) is 0 Å². The zero-order valence-corrected chi connectivity index (χ0v) is 11.2. The molecule has 0 spiro atoms. The molecule has 0 bridgehead atoms. The van der Waals surface area contributed by atoms with E-state index >= 15 is 0 Å². The number of aryl methyl sites for hydroxylation is 1. The van der Waals surface area contributed by atoms with Crippen LogP contribution in [0.1, 0.15) is 16.8 Å². The van der Waals surface area contributed by atoms with Crippen molar-refractivity contribution < 1.29 is 0 Å². The summed E-state index contributed by atoms with van der Waals surface area (Å²) in [5, 5.41) is 5.22. The molecule has 2 N–H and O–H groups in total. The molecule has 0 aliphatic rings. The lowest BCUT2D eigenvalue weighted by Crippen LogP contribution is -2.02. The highest BCUT2D eigenvalue weighted by Gasteiger charge is 2.15. The maximum Gasteiger partial charge on any atom is 0.146 e. The van der Waals surface area contributed by atoms with E-state index in [1.54, 1.807) is 11.3 Å². The van der Waals surface area contributed by atoms with E-state index in [1.165, 1.54) is 23.1 Å². The van der Waals surface area contributed by atoms with E-state index in [2.05, 4.69) is 45.2 Å². The number of aromatic nitrogens is 3. The van der Waals surface area contributed by atoms with Gasteiger partial charge in [-0.15, -0.1) is 0 Å². The van der Waals surface area contributed by atoms with Gasteiger partial charge in [0.15, 0.2) is 0 Å². The van der Waals surface area contributed by atoms with E-state index in [4.69, 9.17) is 5.73 Å². The summed E-state index contributed by atoms with van der Waals surface area (Å²) in [7, 11) is 0. The van der Waals surface area contributed by atoms with Crippen LogP contribution in [0.4, 0.5) is 5.82 Å². The van der Waals surface area contributed by atoms with Gasteiger partial charge in [-0.05, 0) is 41.8 Å². The van der Waals surface area contributed by atoms with Crippen LogP contribution in [-0.4, -0.2) is 14.5 Å². The third kappa shape index (κ3) is 1.59. The number of hydrogen-bond donors (Lipinski definition) is 1. The van der Waals surface area contributed by atoms with Crippen LogP contribution in [0.25, 0.3) is 11.0 Å². The summed E-state index contributed by atoms with van der Waals surface area (Å²) in [6, 6.07) is 2.13. The van der Waals surface area contributed by atoms with Crippen LogP contribution in [0.3, 0.4) is 0 Å². The monoisotopic (exact) mass is 258 g/mol. The van der Waals surface area contributed by atoms with E-state index in [0.717, 1.165) is 17.6 Å². The minimum absolute atomic E-state index is 0.560. The fraction of sp³-hybridized carbons (Fsp3) is 0.231. The van der Waals surface area contributed by atoms with Gasteiger partial charge in [0.05, 0.1) is 11.9 Å². The zero-order valence-electron chi connectivity index (χ0n) is 10.3. The van der Waals surface area contributed by atoms with Gasteiger partial charge in [-0.2, -0.15) is 11.3 Å². The van der Waals surface area contributed by atoms with E-state index in [9.17, 15) is 0 Å². The first-order chi connectivity index (χ1) is 8.68. The van der Waals surface area contributed by atoms with Crippen molar-refractivity contribution in [3.8, 4) is 0 Å². The van der Waals surface area contributed by atoms with Crippen molar-refractivity contribution in [2.24, 2.45) is 0 Å². The Bertz CT molecular complexity index is 697. The van der Waals surface area contributed by atoms with Crippen LogP contribution in [0, 0.1) is 13.8 Å². The number of fused-ring (bicyclic) bond motifs is 1. The molecule has 0 fully saturated rings. The largest absolute Gasteiger partial charge is 0.383 e. The van der Waals surface area contributed by atoms with E-state index in [-0.39, 0.29) is 0 Å². The highest BCUT2D eigenvalue weighted by Crippen LogP contribution is 2.27. The molecule has 4 nitrogen and oxygen atoms in total. The molecule has 3 aromatic heterocycles. The molecule has 3 aromatic rings. The molecular weight excluding hydrogens is 244 g/mol. The molecule has 0 saturated carbocycles. The maximum atomic E-state index is 5.95. The molecule has 0 aliphatic carbocycles. The van der Waals surface area contributed by atoms with Crippen molar-refractivity contribution in [1.82, 2.24) is 14.5 Å². The summed E-state index contributed by atoms with van der Waals surface area (Å²) in [6.45, 7) is 5.00. The lowest BCUT2D eigenvalue weighted by Gasteiger charge is -2.06. The fourth-order valence-corrected chi connectivity index (χ4v) is 2.91. The smallest absolute Gasteiger partial charge is 0.146 e. The number of hydrogen-bond acceptors (Lipinski definition) is 4. The number of nitrogen functional groups attached to an aromatic ring is 1. The molecule has 0 aliphatic heterocycles. The third-order valence-electron chi connectivity index (χ3n) is 3.36. The highest BCUT2D eigenvalue weighted by molar-refractivity contribution is 7.07. The van der Waals surface area contributed by atoms with Crippen molar-refractivity contribution >= 4 is 28.2 Å². The number of thiophene rings is 1. The molecule has 0 atom stereocenters. The van der Waals surface area contributed by atoms with E-state index < -0.39 is 0 Å². The summed E-state index contributed by atoms with van der Waals surface area (Å²) in [5.74, 6) is 0.560. The van der Waals surface area contributed by atoms with Gasteiger partial charge in [-0.3, -0.25) is 0 Å². The number of nitrogens with zero attached hydrogens (tertiary/aromatic N) is 3.